The van der Waals surface area contributed by atoms with E-state index in [9.17, 15) is 9.18 Å². The van der Waals surface area contributed by atoms with Crippen molar-refractivity contribution in [2.75, 3.05) is 6.54 Å². The number of rotatable bonds is 7. The Hall–Kier alpha value is -2.14. The van der Waals surface area contributed by atoms with E-state index in [0.717, 1.165) is 11.3 Å². The number of hydrogen-bond donors (Lipinski definition) is 2. The van der Waals surface area contributed by atoms with Gasteiger partial charge in [0.1, 0.15) is 11.6 Å². The molecule has 1 aromatic heterocycles. The van der Waals surface area contributed by atoms with Gasteiger partial charge in [-0.25, -0.2) is 4.39 Å². The molecule has 5 heteroatoms. The van der Waals surface area contributed by atoms with Crippen LogP contribution in [0.15, 0.2) is 47.1 Å². The van der Waals surface area contributed by atoms with E-state index in [4.69, 9.17) is 4.42 Å². The number of benzene rings is 1. The lowest BCUT2D eigenvalue weighted by atomic mass is 10.1. The number of furan rings is 1. The molecule has 0 aliphatic carbocycles. The van der Waals surface area contributed by atoms with Crippen LogP contribution in [0.4, 0.5) is 4.39 Å². The van der Waals surface area contributed by atoms with Crippen LogP contribution in [0, 0.1) is 5.82 Å². The largest absolute Gasteiger partial charge is 0.467 e. The zero-order valence-corrected chi connectivity index (χ0v) is 11.9. The molecule has 1 heterocycles. The SMILES string of the molecule is CC(NCCc1cccc(F)c1)C(=O)NCc1ccco1. The van der Waals surface area contributed by atoms with Gasteiger partial charge in [-0.15, -0.1) is 0 Å². The van der Waals surface area contributed by atoms with E-state index >= 15 is 0 Å². The highest BCUT2D eigenvalue weighted by molar-refractivity contribution is 5.81. The summed E-state index contributed by atoms with van der Waals surface area (Å²) in [6.07, 6.45) is 2.25. The molecule has 4 nitrogen and oxygen atoms in total. The molecule has 1 amide bonds. The Morgan fingerprint density at radius 3 is 2.90 bits per heavy atom. The van der Waals surface area contributed by atoms with Crippen molar-refractivity contribution in [1.29, 1.82) is 0 Å². The Morgan fingerprint density at radius 2 is 2.19 bits per heavy atom. The Bertz CT molecular complexity index is 569. The van der Waals surface area contributed by atoms with Gasteiger partial charge >= 0.3 is 0 Å². The van der Waals surface area contributed by atoms with Gasteiger partial charge in [0.05, 0.1) is 18.8 Å². The summed E-state index contributed by atoms with van der Waals surface area (Å²) in [4.78, 5) is 11.9. The summed E-state index contributed by atoms with van der Waals surface area (Å²) in [6, 6.07) is 9.75. The molecule has 0 radical (unpaired) electrons. The number of halogens is 1. The van der Waals surface area contributed by atoms with E-state index in [0.29, 0.717) is 19.5 Å². The summed E-state index contributed by atoms with van der Waals surface area (Å²) in [5, 5.41) is 5.90. The van der Waals surface area contributed by atoms with E-state index in [2.05, 4.69) is 10.6 Å². The van der Waals surface area contributed by atoms with E-state index in [-0.39, 0.29) is 17.8 Å². The van der Waals surface area contributed by atoms with Crippen molar-refractivity contribution in [1.82, 2.24) is 10.6 Å². The molecule has 2 N–H and O–H groups in total. The molecule has 0 saturated heterocycles. The van der Waals surface area contributed by atoms with Crippen LogP contribution in [0.5, 0.6) is 0 Å². The van der Waals surface area contributed by atoms with Gasteiger partial charge in [-0.2, -0.15) is 0 Å². The molecule has 0 saturated carbocycles. The van der Waals surface area contributed by atoms with E-state index in [1.165, 1.54) is 12.1 Å². The molecule has 0 spiro atoms. The van der Waals surface area contributed by atoms with Gasteiger partial charge in [-0.3, -0.25) is 4.79 Å². The second-order valence-corrected chi connectivity index (χ2v) is 4.85. The topological polar surface area (TPSA) is 54.3 Å². The van der Waals surface area contributed by atoms with Gasteiger partial charge in [0.25, 0.3) is 0 Å². The molecule has 2 aromatic rings. The third-order valence-corrected chi connectivity index (χ3v) is 3.16. The Balaban J connectivity index is 1.68. The maximum atomic E-state index is 13.0. The van der Waals surface area contributed by atoms with Crippen molar-refractivity contribution in [3.63, 3.8) is 0 Å². The molecule has 0 aliphatic heterocycles. The maximum Gasteiger partial charge on any atom is 0.237 e. The average Bonchev–Trinajstić information content (AvgIpc) is 2.98. The summed E-state index contributed by atoms with van der Waals surface area (Å²) < 4.78 is 18.2. The lowest BCUT2D eigenvalue weighted by Gasteiger charge is -2.13. The quantitative estimate of drug-likeness (QED) is 0.822. The Labute approximate surface area is 123 Å². The highest BCUT2D eigenvalue weighted by Gasteiger charge is 2.11. The zero-order valence-electron chi connectivity index (χ0n) is 11.9. The van der Waals surface area contributed by atoms with Gasteiger partial charge in [0.2, 0.25) is 5.91 Å². The Morgan fingerprint density at radius 1 is 1.33 bits per heavy atom. The third-order valence-electron chi connectivity index (χ3n) is 3.16. The molecule has 112 valence electrons. The number of hydrogen-bond acceptors (Lipinski definition) is 3. The highest BCUT2D eigenvalue weighted by atomic mass is 19.1. The third kappa shape index (κ3) is 5.04. The van der Waals surface area contributed by atoms with Crippen LogP contribution in [-0.2, 0) is 17.8 Å². The average molecular weight is 290 g/mol. The first-order valence-corrected chi connectivity index (χ1v) is 6.93. The molecule has 0 fully saturated rings. The summed E-state index contributed by atoms with van der Waals surface area (Å²) in [6.45, 7) is 2.78. The van der Waals surface area contributed by atoms with Gasteiger partial charge in [0, 0.05) is 0 Å². The fourth-order valence-corrected chi connectivity index (χ4v) is 1.96. The molecule has 1 aromatic carbocycles. The fourth-order valence-electron chi connectivity index (χ4n) is 1.96. The second kappa shape index (κ2) is 7.59. The van der Waals surface area contributed by atoms with Crippen LogP contribution in [0.2, 0.25) is 0 Å². The van der Waals surface area contributed by atoms with Crippen molar-refractivity contribution in [2.24, 2.45) is 0 Å². The van der Waals surface area contributed by atoms with Crippen molar-refractivity contribution < 1.29 is 13.6 Å². The van der Waals surface area contributed by atoms with E-state index in [1.807, 2.05) is 12.1 Å². The predicted molar refractivity (Wildman–Crippen MR) is 78.1 cm³/mol. The predicted octanol–water partition coefficient (Wildman–Crippen LogP) is 2.26. The van der Waals surface area contributed by atoms with Crippen molar-refractivity contribution in [2.45, 2.75) is 25.9 Å². The smallest absolute Gasteiger partial charge is 0.237 e. The van der Waals surface area contributed by atoms with Crippen LogP contribution in [0.3, 0.4) is 0 Å². The summed E-state index contributed by atoms with van der Waals surface area (Å²) >= 11 is 0. The van der Waals surface area contributed by atoms with Crippen molar-refractivity contribution in [3.8, 4) is 0 Å². The van der Waals surface area contributed by atoms with Crippen molar-refractivity contribution >= 4 is 5.91 Å². The minimum Gasteiger partial charge on any atom is -0.467 e. The first-order chi connectivity index (χ1) is 10.1. The molecule has 2 rings (SSSR count). The minimum absolute atomic E-state index is 0.0920. The Kier molecular flexibility index (Phi) is 5.51. The van der Waals surface area contributed by atoms with Crippen LogP contribution in [-0.4, -0.2) is 18.5 Å². The second-order valence-electron chi connectivity index (χ2n) is 4.85. The minimum atomic E-state index is -0.312. The maximum absolute atomic E-state index is 13.0. The van der Waals surface area contributed by atoms with E-state index in [1.54, 1.807) is 25.3 Å². The molecule has 0 bridgehead atoms. The molecule has 21 heavy (non-hydrogen) atoms. The van der Waals surface area contributed by atoms with Crippen molar-refractivity contribution in [3.05, 3.63) is 59.8 Å². The summed E-state index contributed by atoms with van der Waals surface area (Å²) in [5.41, 5.74) is 0.908. The first kappa shape index (κ1) is 15.3. The van der Waals surface area contributed by atoms with Gasteiger partial charge in [0.15, 0.2) is 0 Å². The lowest BCUT2D eigenvalue weighted by molar-refractivity contribution is -0.123. The number of amides is 1. The molecule has 0 aliphatic rings. The zero-order chi connectivity index (χ0) is 15.1. The molecule has 1 unspecified atom stereocenters. The van der Waals surface area contributed by atoms with Crippen LogP contribution in [0.1, 0.15) is 18.2 Å². The number of carbonyl (C=O) groups is 1. The van der Waals surface area contributed by atoms with Gasteiger partial charge in [-0.1, -0.05) is 12.1 Å². The first-order valence-electron chi connectivity index (χ1n) is 6.93. The standard InChI is InChI=1S/C16H19FN2O2/c1-12(16(20)19-11-15-6-3-9-21-15)18-8-7-13-4-2-5-14(17)10-13/h2-6,9-10,12,18H,7-8,11H2,1H3,(H,19,20). The van der Waals surface area contributed by atoms with Gasteiger partial charge in [-0.05, 0) is 49.7 Å². The number of carbonyl (C=O) groups excluding carboxylic acids is 1. The molecule has 1 atom stereocenters. The monoisotopic (exact) mass is 290 g/mol. The fraction of sp³-hybridized carbons (Fsp3) is 0.312. The van der Waals surface area contributed by atoms with E-state index < -0.39 is 0 Å². The van der Waals surface area contributed by atoms with Crippen LogP contribution >= 0.6 is 0 Å². The summed E-state index contributed by atoms with van der Waals surface area (Å²) in [7, 11) is 0. The van der Waals surface area contributed by atoms with Crippen LogP contribution < -0.4 is 10.6 Å². The lowest BCUT2D eigenvalue weighted by Crippen LogP contribution is -2.42. The number of nitrogens with one attached hydrogen (secondary N) is 2. The summed E-state index contributed by atoms with van der Waals surface area (Å²) in [5.74, 6) is 0.387. The highest BCUT2D eigenvalue weighted by Crippen LogP contribution is 2.03. The molecular formula is C16H19FN2O2. The normalized spacial score (nSPS) is 12.1. The van der Waals surface area contributed by atoms with Crippen LogP contribution in [0.25, 0.3) is 0 Å². The molecular weight excluding hydrogens is 271 g/mol. The van der Waals surface area contributed by atoms with Gasteiger partial charge < -0.3 is 15.1 Å².